The van der Waals surface area contributed by atoms with Crippen molar-refractivity contribution in [2.24, 2.45) is 0 Å². The summed E-state index contributed by atoms with van der Waals surface area (Å²) in [5.74, 6) is 1.41. The largest absolute Gasteiger partial charge is 0.493 e. The number of rotatable bonds is 7. The quantitative estimate of drug-likeness (QED) is 0.640. The van der Waals surface area contributed by atoms with E-state index in [1.807, 2.05) is 45.9 Å². The highest BCUT2D eigenvalue weighted by atomic mass is 79.9. The average molecular weight is 402 g/mol. The number of benzene rings is 1. The van der Waals surface area contributed by atoms with Gasteiger partial charge in [-0.1, -0.05) is 22.0 Å². The SMILES string of the molecule is COc1cc(CC(C)N(C)C(=O)OC(C)(C)C)ccc1OCCBr. The number of amides is 1. The zero-order valence-electron chi connectivity index (χ0n) is 15.4. The van der Waals surface area contributed by atoms with Crippen LogP contribution in [0.2, 0.25) is 0 Å². The molecule has 0 bridgehead atoms. The summed E-state index contributed by atoms with van der Waals surface area (Å²) in [5.41, 5.74) is 0.573. The van der Waals surface area contributed by atoms with Crippen molar-refractivity contribution in [3.63, 3.8) is 0 Å². The summed E-state index contributed by atoms with van der Waals surface area (Å²) < 4.78 is 16.4. The van der Waals surface area contributed by atoms with Crippen molar-refractivity contribution >= 4 is 22.0 Å². The fourth-order valence-corrected chi connectivity index (χ4v) is 2.26. The summed E-state index contributed by atoms with van der Waals surface area (Å²) in [4.78, 5) is 13.8. The zero-order chi connectivity index (χ0) is 18.3. The zero-order valence-corrected chi connectivity index (χ0v) is 17.0. The molecule has 0 saturated heterocycles. The third kappa shape index (κ3) is 6.59. The number of alkyl halides is 1. The van der Waals surface area contributed by atoms with Gasteiger partial charge in [-0.3, -0.25) is 0 Å². The summed E-state index contributed by atoms with van der Waals surface area (Å²) in [7, 11) is 3.37. The predicted octanol–water partition coefficient (Wildman–Crippen LogP) is 4.27. The van der Waals surface area contributed by atoms with E-state index < -0.39 is 5.60 Å². The first-order chi connectivity index (χ1) is 11.2. The predicted molar refractivity (Wildman–Crippen MR) is 99.4 cm³/mol. The molecule has 6 heteroatoms. The molecule has 0 N–H and O–H groups in total. The van der Waals surface area contributed by atoms with E-state index in [2.05, 4.69) is 15.9 Å². The third-order valence-electron chi connectivity index (χ3n) is 3.44. The molecule has 0 heterocycles. The molecule has 0 aromatic heterocycles. The minimum Gasteiger partial charge on any atom is -0.493 e. The van der Waals surface area contributed by atoms with Gasteiger partial charge >= 0.3 is 6.09 Å². The second-order valence-corrected chi connectivity index (χ2v) is 7.46. The fraction of sp³-hybridized carbons (Fsp3) is 0.611. The van der Waals surface area contributed by atoms with E-state index in [0.717, 1.165) is 10.9 Å². The topological polar surface area (TPSA) is 48.0 Å². The lowest BCUT2D eigenvalue weighted by atomic mass is 10.1. The van der Waals surface area contributed by atoms with Crippen LogP contribution >= 0.6 is 15.9 Å². The Hall–Kier alpha value is -1.43. The van der Waals surface area contributed by atoms with Gasteiger partial charge in [-0.2, -0.15) is 0 Å². The molecule has 0 aliphatic carbocycles. The second kappa shape index (κ2) is 9.16. The Bertz CT molecular complexity index is 542. The van der Waals surface area contributed by atoms with Gasteiger partial charge in [0.25, 0.3) is 0 Å². The van der Waals surface area contributed by atoms with Crippen molar-refractivity contribution in [3.8, 4) is 11.5 Å². The molecular weight excluding hydrogens is 374 g/mol. The van der Waals surface area contributed by atoms with Crippen LogP contribution in [0.1, 0.15) is 33.3 Å². The van der Waals surface area contributed by atoms with Gasteiger partial charge in [0.2, 0.25) is 0 Å². The highest BCUT2D eigenvalue weighted by Gasteiger charge is 2.23. The van der Waals surface area contributed by atoms with Gasteiger partial charge in [-0.25, -0.2) is 4.79 Å². The second-order valence-electron chi connectivity index (χ2n) is 6.67. The van der Waals surface area contributed by atoms with Crippen LogP contribution in [0, 0.1) is 0 Å². The first kappa shape index (κ1) is 20.6. The van der Waals surface area contributed by atoms with Crippen molar-refractivity contribution in [2.75, 3.05) is 26.1 Å². The molecule has 1 unspecified atom stereocenters. The molecule has 0 aliphatic rings. The molecule has 1 aromatic rings. The Labute approximate surface area is 153 Å². The monoisotopic (exact) mass is 401 g/mol. The average Bonchev–Trinajstić information content (AvgIpc) is 2.50. The Kier molecular flexibility index (Phi) is 7.87. The van der Waals surface area contributed by atoms with E-state index in [9.17, 15) is 4.79 Å². The van der Waals surface area contributed by atoms with Gasteiger partial charge in [-0.05, 0) is 51.8 Å². The number of hydrogen-bond donors (Lipinski definition) is 0. The summed E-state index contributed by atoms with van der Waals surface area (Å²) in [6.45, 7) is 8.15. The Morgan fingerprint density at radius 1 is 1.29 bits per heavy atom. The summed E-state index contributed by atoms with van der Waals surface area (Å²) in [6.07, 6.45) is 0.379. The standard InChI is InChI=1S/C18H28BrNO4/c1-13(20(5)17(21)24-18(2,3)4)11-14-7-8-15(23-10-9-19)16(12-14)22-6/h7-8,12-13H,9-11H2,1-6H3. The maximum absolute atomic E-state index is 12.1. The molecule has 1 aromatic carbocycles. The minimum atomic E-state index is -0.497. The summed E-state index contributed by atoms with van der Waals surface area (Å²) >= 11 is 3.34. The van der Waals surface area contributed by atoms with E-state index in [1.165, 1.54) is 0 Å². The smallest absolute Gasteiger partial charge is 0.410 e. The third-order valence-corrected chi connectivity index (χ3v) is 3.76. The van der Waals surface area contributed by atoms with Crippen LogP contribution in [0.15, 0.2) is 18.2 Å². The number of carbonyl (C=O) groups excluding carboxylic acids is 1. The van der Waals surface area contributed by atoms with E-state index in [0.29, 0.717) is 24.5 Å². The molecule has 1 rings (SSSR count). The van der Waals surface area contributed by atoms with Crippen LogP contribution in [-0.4, -0.2) is 48.7 Å². The molecule has 0 radical (unpaired) electrons. The van der Waals surface area contributed by atoms with Crippen LogP contribution < -0.4 is 9.47 Å². The van der Waals surface area contributed by atoms with E-state index in [1.54, 1.807) is 19.1 Å². The maximum Gasteiger partial charge on any atom is 0.410 e. The molecule has 5 nitrogen and oxygen atoms in total. The molecule has 24 heavy (non-hydrogen) atoms. The van der Waals surface area contributed by atoms with Crippen LogP contribution in [0.4, 0.5) is 4.79 Å². The number of hydrogen-bond acceptors (Lipinski definition) is 4. The Morgan fingerprint density at radius 2 is 1.96 bits per heavy atom. The van der Waals surface area contributed by atoms with Gasteiger partial charge < -0.3 is 19.1 Å². The number of halogens is 1. The highest BCUT2D eigenvalue weighted by molar-refractivity contribution is 9.09. The van der Waals surface area contributed by atoms with Gasteiger partial charge in [0.15, 0.2) is 11.5 Å². The number of nitrogens with zero attached hydrogens (tertiary/aromatic N) is 1. The fourth-order valence-electron chi connectivity index (χ4n) is 2.10. The van der Waals surface area contributed by atoms with Crippen LogP contribution in [0.3, 0.4) is 0 Å². The van der Waals surface area contributed by atoms with E-state index in [-0.39, 0.29) is 12.1 Å². The minimum absolute atomic E-state index is 0.00105. The first-order valence-corrected chi connectivity index (χ1v) is 9.11. The molecule has 1 amide bonds. The molecule has 136 valence electrons. The molecule has 0 spiro atoms. The highest BCUT2D eigenvalue weighted by Crippen LogP contribution is 2.29. The lowest BCUT2D eigenvalue weighted by molar-refractivity contribution is 0.0236. The van der Waals surface area contributed by atoms with E-state index >= 15 is 0 Å². The van der Waals surface area contributed by atoms with Crippen molar-refractivity contribution in [1.82, 2.24) is 4.90 Å². The van der Waals surface area contributed by atoms with Crippen LogP contribution in [-0.2, 0) is 11.2 Å². The van der Waals surface area contributed by atoms with Gasteiger partial charge in [0, 0.05) is 18.4 Å². The van der Waals surface area contributed by atoms with Gasteiger partial charge in [0.05, 0.1) is 13.7 Å². The van der Waals surface area contributed by atoms with E-state index in [4.69, 9.17) is 14.2 Å². The van der Waals surface area contributed by atoms with Crippen molar-refractivity contribution in [3.05, 3.63) is 23.8 Å². The number of carbonyl (C=O) groups is 1. The Balaban J connectivity index is 2.75. The molecule has 0 saturated carbocycles. The molecule has 0 fully saturated rings. The summed E-state index contributed by atoms with van der Waals surface area (Å²) in [5, 5.41) is 0.760. The molecular formula is C18H28BrNO4. The van der Waals surface area contributed by atoms with Crippen molar-refractivity contribution in [2.45, 2.75) is 45.8 Å². The van der Waals surface area contributed by atoms with Gasteiger partial charge in [-0.15, -0.1) is 0 Å². The van der Waals surface area contributed by atoms with Crippen LogP contribution in [0.25, 0.3) is 0 Å². The Morgan fingerprint density at radius 3 is 2.50 bits per heavy atom. The number of methoxy groups -OCH3 is 1. The lowest BCUT2D eigenvalue weighted by Gasteiger charge is -2.29. The molecule has 1 atom stereocenters. The summed E-state index contributed by atoms with van der Waals surface area (Å²) in [6, 6.07) is 5.84. The number of likely N-dealkylation sites (N-methyl/N-ethyl adjacent to an activating group) is 1. The van der Waals surface area contributed by atoms with Crippen LogP contribution in [0.5, 0.6) is 11.5 Å². The van der Waals surface area contributed by atoms with Crippen molar-refractivity contribution in [1.29, 1.82) is 0 Å². The van der Waals surface area contributed by atoms with Crippen molar-refractivity contribution < 1.29 is 19.0 Å². The van der Waals surface area contributed by atoms with Gasteiger partial charge in [0.1, 0.15) is 5.60 Å². The lowest BCUT2D eigenvalue weighted by Crippen LogP contribution is -2.40. The first-order valence-electron chi connectivity index (χ1n) is 7.99. The molecule has 0 aliphatic heterocycles. The maximum atomic E-state index is 12.1. The number of ether oxygens (including phenoxy) is 3. The normalized spacial score (nSPS) is 12.5.